The summed E-state index contributed by atoms with van der Waals surface area (Å²) in [7, 11) is 0. The van der Waals surface area contributed by atoms with E-state index in [2.05, 4.69) is 43.5 Å². The smallest absolute Gasteiger partial charge is 0.220 e. The second-order valence-corrected chi connectivity index (χ2v) is 21.1. The molecule has 0 aromatic carbocycles. The van der Waals surface area contributed by atoms with E-state index in [9.17, 15) is 45.6 Å². The molecule has 0 spiro atoms. The molecule has 12 unspecified atom stereocenters. The first-order valence-corrected chi connectivity index (χ1v) is 29.7. The van der Waals surface area contributed by atoms with Gasteiger partial charge in [-0.05, 0) is 57.8 Å². The summed E-state index contributed by atoms with van der Waals surface area (Å²) in [6.45, 7) is 2.79. The van der Waals surface area contributed by atoms with Gasteiger partial charge in [0, 0.05) is 6.42 Å². The molecule has 14 nitrogen and oxygen atoms in total. The van der Waals surface area contributed by atoms with Gasteiger partial charge in [0.2, 0.25) is 5.91 Å². The summed E-state index contributed by atoms with van der Waals surface area (Å²) in [6.07, 6.45) is 37.5. The minimum absolute atomic E-state index is 0.250. The van der Waals surface area contributed by atoms with Crippen molar-refractivity contribution in [3.8, 4) is 0 Å². The highest BCUT2D eigenvalue weighted by Crippen LogP contribution is 2.30. The molecule has 2 heterocycles. The van der Waals surface area contributed by atoms with Crippen molar-refractivity contribution in [1.29, 1.82) is 0 Å². The molecule has 73 heavy (non-hydrogen) atoms. The molecule has 9 N–H and O–H groups in total. The van der Waals surface area contributed by atoms with Gasteiger partial charge < -0.3 is 65.1 Å². The number of aliphatic hydroxyl groups is 8. The molecule has 0 bridgehead atoms. The normalized spacial score (nSPS) is 25.6. The maximum Gasteiger partial charge on any atom is 0.220 e. The van der Waals surface area contributed by atoms with Crippen LogP contribution in [0.5, 0.6) is 0 Å². The Kier molecular flexibility index (Phi) is 41.7. The lowest BCUT2D eigenvalue weighted by atomic mass is 9.97. The number of rotatable bonds is 47. The molecule has 0 aromatic heterocycles. The maximum atomic E-state index is 13.2. The minimum Gasteiger partial charge on any atom is -0.394 e. The number of ether oxygens (including phenoxy) is 4. The van der Waals surface area contributed by atoms with Gasteiger partial charge in [-0.2, -0.15) is 0 Å². The second kappa shape index (κ2) is 45.3. The van der Waals surface area contributed by atoms with Crippen LogP contribution in [0.2, 0.25) is 0 Å². The molecule has 2 saturated heterocycles. The zero-order chi connectivity index (χ0) is 53.2. The Morgan fingerprint density at radius 2 is 0.877 bits per heavy atom. The number of aliphatic hydroxyl groups excluding tert-OH is 8. The van der Waals surface area contributed by atoms with Crippen molar-refractivity contribution in [3.05, 3.63) is 36.5 Å². The zero-order valence-electron chi connectivity index (χ0n) is 45.9. The van der Waals surface area contributed by atoms with E-state index in [1.54, 1.807) is 6.08 Å². The number of hydrogen-bond acceptors (Lipinski definition) is 13. The third-order valence-corrected chi connectivity index (χ3v) is 14.5. The summed E-state index contributed by atoms with van der Waals surface area (Å²) in [6, 6.07) is -0.931. The van der Waals surface area contributed by atoms with Crippen LogP contribution in [0.25, 0.3) is 0 Å². The van der Waals surface area contributed by atoms with Gasteiger partial charge in [0.05, 0.1) is 32.0 Å². The molecular formula is C59H109NO13. The standard InChI is InChI=1S/C59H109NO13/c1-3-5-7-9-11-13-15-17-19-21-23-24-25-27-29-31-33-35-37-39-41-43-51(64)60-47(48(63)42-40-38-36-34-32-30-28-26-22-20-18-16-14-12-10-8-6-4-2)46-70-58-56(69)54(67)57(50(45-62)72-58)73-59-55(68)53(66)52(65)49(44-61)71-59/h21,23,32,34,40,42,47-50,52-59,61-63,65-69H,3-20,22,24-31,33,35-39,41,43-46H2,1-2H3,(H,60,64)/b23-21-,34-32+,42-40+. The summed E-state index contributed by atoms with van der Waals surface area (Å²) >= 11 is 0. The number of carbonyl (C=O) groups excluding carboxylic acids is 1. The molecule has 0 saturated carbocycles. The van der Waals surface area contributed by atoms with Crippen molar-refractivity contribution < 1.29 is 64.6 Å². The fourth-order valence-corrected chi connectivity index (χ4v) is 9.71. The molecule has 0 aliphatic carbocycles. The Bertz CT molecular complexity index is 1370. The zero-order valence-corrected chi connectivity index (χ0v) is 45.9. The molecule has 428 valence electrons. The predicted octanol–water partition coefficient (Wildman–Crippen LogP) is 9.83. The molecule has 2 aliphatic heterocycles. The van der Waals surface area contributed by atoms with Gasteiger partial charge in [-0.15, -0.1) is 0 Å². The Labute approximate surface area is 442 Å². The van der Waals surface area contributed by atoms with Crippen molar-refractivity contribution in [2.45, 2.75) is 312 Å². The topological polar surface area (TPSA) is 228 Å². The lowest BCUT2D eigenvalue weighted by Gasteiger charge is -2.46. The Hall–Kier alpha value is -1.79. The maximum absolute atomic E-state index is 13.2. The van der Waals surface area contributed by atoms with E-state index in [1.165, 1.54) is 173 Å². The first kappa shape index (κ1) is 67.3. The highest BCUT2D eigenvalue weighted by Gasteiger charge is 2.51. The van der Waals surface area contributed by atoms with Crippen LogP contribution >= 0.6 is 0 Å². The van der Waals surface area contributed by atoms with Crippen LogP contribution in [0.3, 0.4) is 0 Å². The first-order chi connectivity index (χ1) is 35.6. The van der Waals surface area contributed by atoms with Crippen molar-refractivity contribution in [2.75, 3.05) is 19.8 Å². The second-order valence-electron chi connectivity index (χ2n) is 21.1. The molecule has 2 aliphatic rings. The number of amides is 1. The Morgan fingerprint density at radius 3 is 1.34 bits per heavy atom. The van der Waals surface area contributed by atoms with Crippen LogP contribution in [0.15, 0.2) is 36.5 Å². The molecule has 2 rings (SSSR count). The fraction of sp³-hybridized carbons (Fsp3) is 0.881. The van der Waals surface area contributed by atoms with E-state index < -0.39 is 86.8 Å². The predicted molar refractivity (Wildman–Crippen MR) is 291 cm³/mol. The monoisotopic (exact) mass is 1040 g/mol. The molecule has 1 amide bonds. The lowest BCUT2D eigenvalue weighted by molar-refractivity contribution is -0.359. The fourth-order valence-electron chi connectivity index (χ4n) is 9.71. The van der Waals surface area contributed by atoms with E-state index in [1.807, 2.05) is 6.08 Å². The summed E-state index contributed by atoms with van der Waals surface area (Å²) in [4.78, 5) is 13.2. The summed E-state index contributed by atoms with van der Waals surface area (Å²) in [5.41, 5.74) is 0. The van der Waals surface area contributed by atoms with E-state index in [-0.39, 0.29) is 18.9 Å². The van der Waals surface area contributed by atoms with E-state index in [4.69, 9.17) is 18.9 Å². The van der Waals surface area contributed by atoms with Gasteiger partial charge in [0.25, 0.3) is 0 Å². The number of unbranched alkanes of at least 4 members (excludes halogenated alkanes) is 30. The third-order valence-electron chi connectivity index (χ3n) is 14.5. The quantitative estimate of drug-likeness (QED) is 0.0205. The van der Waals surface area contributed by atoms with E-state index >= 15 is 0 Å². The SMILES string of the molecule is CCCCCCCCCC/C=C\CCCCCCCCCCCC(=O)NC(COC1OC(CO)C(OC2OC(CO)C(O)C(O)C2O)C(O)C1O)C(O)/C=C/CC/C=C/CCCCCCCCCCCCCC. The molecule has 14 heteroatoms. The van der Waals surface area contributed by atoms with Crippen molar-refractivity contribution in [2.24, 2.45) is 0 Å². The number of carbonyl (C=O) groups is 1. The van der Waals surface area contributed by atoms with Gasteiger partial charge in [0.1, 0.15) is 48.8 Å². The lowest BCUT2D eigenvalue weighted by Crippen LogP contribution is -2.65. The molecule has 0 radical (unpaired) electrons. The van der Waals surface area contributed by atoms with Crippen LogP contribution in [-0.4, -0.2) is 140 Å². The van der Waals surface area contributed by atoms with Gasteiger partial charge in [-0.25, -0.2) is 0 Å². The molecule has 12 atom stereocenters. The summed E-state index contributed by atoms with van der Waals surface area (Å²) in [5, 5.41) is 87.0. The van der Waals surface area contributed by atoms with Crippen LogP contribution in [0.4, 0.5) is 0 Å². The van der Waals surface area contributed by atoms with Crippen molar-refractivity contribution in [3.63, 3.8) is 0 Å². The average molecular weight is 1040 g/mol. The minimum atomic E-state index is -1.79. The molecular weight excluding hydrogens is 931 g/mol. The number of hydrogen-bond donors (Lipinski definition) is 9. The Morgan fingerprint density at radius 1 is 0.479 bits per heavy atom. The van der Waals surface area contributed by atoms with Crippen LogP contribution in [-0.2, 0) is 23.7 Å². The summed E-state index contributed by atoms with van der Waals surface area (Å²) in [5.74, 6) is -0.250. The highest BCUT2D eigenvalue weighted by atomic mass is 16.7. The van der Waals surface area contributed by atoms with Crippen LogP contribution in [0.1, 0.15) is 239 Å². The Balaban J connectivity index is 1.79. The number of allylic oxidation sites excluding steroid dienone is 5. The summed E-state index contributed by atoms with van der Waals surface area (Å²) < 4.78 is 22.8. The van der Waals surface area contributed by atoms with E-state index in [0.717, 1.165) is 32.1 Å². The van der Waals surface area contributed by atoms with Gasteiger partial charge >= 0.3 is 0 Å². The van der Waals surface area contributed by atoms with Crippen molar-refractivity contribution in [1.82, 2.24) is 5.32 Å². The van der Waals surface area contributed by atoms with Crippen LogP contribution in [0, 0.1) is 0 Å². The van der Waals surface area contributed by atoms with E-state index in [0.29, 0.717) is 12.8 Å². The third kappa shape index (κ3) is 31.3. The highest BCUT2D eigenvalue weighted by molar-refractivity contribution is 5.76. The van der Waals surface area contributed by atoms with Gasteiger partial charge in [-0.3, -0.25) is 4.79 Å². The average Bonchev–Trinajstić information content (AvgIpc) is 3.39. The van der Waals surface area contributed by atoms with Gasteiger partial charge in [-0.1, -0.05) is 211 Å². The molecule has 0 aromatic rings. The first-order valence-electron chi connectivity index (χ1n) is 29.7. The molecule has 2 fully saturated rings. The number of nitrogens with one attached hydrogen (secondary N) is 1. The van der Waals surface area contributed by atoms with Gasteiger partial charge in [0.15, 0.2) is 12.6 Å². The largest absolute Gasteiger partial charge is 0.394 e. The van der Waals surface area contributed by atoms with Crippen LogP contribution < -0.4 is 5.32 Å². The van der Waals surface area contributed by atoms with Crippen molar-refractivity contribution >= 4 is 5.91 Å².